The SMILES string of the molecule is C=Cn1c[n+](CC(=O)Nc2c(C)cc(C)cc2C)c2ccccc21. The normalized spacial score (nSPS) is 10.8. The molecule has 1 aromatic heterocycles. The van der Waals surface area contributed by atoms with E-state index in [1.54, 1.807) is 6.20 Å². The Bertz CT molecular complexity index is 914. The fourth-order valence-electron chi connectivity index (χ4n) is 3.18. The molecule has 0 atom stereocenters. The van der Waals surface area contributed by atoms with Crippen LogP contribution in [-0.2, 0) is 11.3 Å². The van der Waals surface area contributed by atoms with Gasteiger partial charge in [-0.05, 0) is 44.0 Å². The van der Waals surface area contributed by atoms with Crippen molar-refractivity contribution in [2.75, 3.05) is 5.32 Å². The van der Waals surface area contributed by atoms with Crippen molar-refractivity contribution in [1.82, 2.24) is 4.57 Å². The fraction of sp³-hybridized carbons (Fsp3) is 0.200. The Morgan fingerprint density at radius 1 is 1.21 bits per heavy atom. The molecule has 4 heteroatoms. The van der Waals surface area contributed by atoms with Crippen LogP contribution in [0.15, 0.2) is 49.3 Å². The number of nitrogens with one attached hydrogen (secondary N) is 1. The minimum Gasteiger partial charge on any atom is -0.322 e. The van der Waals surface area contributed by atoms with Crippen LogP contribution in [-0.4, -0.2) is 10.5 Å². The topological polar surface area (TPSA) is 37.9 Å². The highest BCUT2D eigenvalue weighted by atomic mass is 16.1. The Hall–Kier alpha value is -2.88. The highest BCUT2D eigenvalue weighted by Gasteiger charge is 2.17. The van der Waals surface area contributed by atoms with Crippen molar-refractivity contribution in [3.8, 4) is 0 Å². The summed E-state index contributed by atoms with van der Waals surface area (Å²) in [7, 11) is 0. The first-order chi connectivity index (χ1) is 11.5. The molecular weight excluding hydrogens is 298 g/mol. The summed E-state index contributed by atoms with van der Waals surface area (Å²) in [6.07, 6.45) is 3.64. The average Bonchev–Trinajstić information content (AvgIpc) is 2.89. The largest absolute Gasteiger partial charge is 0.322 e. The number of amides is 1. The summed E-state index contributed by atoms with van der Waals surface area (Å²) in [5.74, 6) is -0.0398. The van der Waals surface area contributed by atoms with E-state index in [9.17, 15) is 4.79 Å². The zero-order valence-corrected chi connectivity index (χ0v) is 14.3. The van der Waals surface area contributed by atoms with Crippen LogP contribution < -0.4 is 9.88 Å². The van der Waals surface area contributed by atoms with Crippen LogP contribution in [0.25, 0.3) is 17.2 Å². The molecule has 0 saturated heterocycles. The molecule has 0 aliphatic heterocycles. The van der Waals surface area contributed by atoms with E-state index >= 15 is 0 Å². The van der Waals surface area contributed by atoms with Crippen molar-refractivity contribution in [3.05, 3.63) is 66.0 Å². The first-order valence-corrected chi connectivity index (χ1v) is 7.99. The minimum absolute atomic E-state index is 0.0398. The van der Waals surface area contributed by atoms with Gasteiger partial charge < -0.3 is 5.32 Å². The lowest BCUT2D eigenvalue weighted by Gasteiger charge is -2.12. The predicted octanol–water partition coefficient (Wildman–Crippen LogP) is 3.59. The number of carbonyl (C=O) groups excluding carboxylic acids is 1. The summed E-state index contributed by atoms with van der Waals surface area (Å²) in [4.78, 5) is 12.5. The Balaban J connectivity index is 1.87. The number of hydrogen-bond donors (Lipinski definition) is 1. The van der Waals surface area contributed by atoms with Crippen molar-refractivity contribution >= 4 is 28.8 Å². The third-order valence-electron chi connectivity index (χ3n) is 4.19. The molecule has 0 aliphatic rings. The molecule has 0 radical (unpaired) electrons. The fourth-order valence-corrected chi connectivity index (χ4v) is 3.18. The summed E-state index contributed by atoms with van der Waals surface area (Å²) in [5.41, 5.74) is 6.30. The number of carbonyl (C=O) groups is 1. The molecular formula is C20H22N3O+. The Kier molecular flexibility index (Phi) is 4.21. The van der Waals surface area contributed by atoms with Crippen molar-refractivity contribution in [3.63, 3.8) is 0 Å². The van der Waals surface area contributed by atoms with Crippen LogP contribution in [0.5, 0.6) is 0 Å². The third-order valence-corrected chi connectivity index (χ3v) is 4.19. The van der Waals surface area contributed by atoms with Crippen LogP contribution in [0.4, 0.5) is 5.69 Å². The van der Waals surface area contributed by atoms with Gasteiger partial charge >= 0.3 is 0 Å². The third kappa shape index (κ3) is 2.95. The summed E-state index contributed by atoms with van der Waals surface area (Å²) < 4.78 is 3.86. The lowest BCUT2D eigenvalue weighted by Crippen LogP contribution is -2.39. The lowest BCUT2D eigenvalue weighted by atomic mass is 10.1. The van der Waals surface area contributed by atoms with E-state index in [2.05, 4.69) is 31.0 Å². The van der Waals surface area contributed by atoms with Gasteiger partial charge in [-0.15, -0.1) is 0 Å². The van der Waals surface area contributed by atoms with E-state index in [1.807, 2.05) is 53.6 Å². The number of aryl methyl sites for hydroxylation is 3. The van der Waals surface area contributed by atoms with Crippen LogP contribution in [0.2, 0.25) is 0 Å². The zero-order chi connectivity index (χ0) is 17.3. The second-order valence-corrected chi connectivity index (χ2v) is 6.14. The Morgan fingerprint density at radius 2 is 1.88 bits per heavy atom. The molecule has 0 saturated carbocycles. The molecule has 3 aromatic rings. The van der Waals surface area contributed by atoms with Gasteiger partial charge in [-0.3, -0.25) is 4.79 Å². The van der Waals surface area contributed by atoms with Crippen LogP contribution in [0.3, 0.4) is 0 Å². The number of hydrogen-bond acceptors (Lipinski definition) is 1. The van der Waals surface area contributed by atoms with Crippen molar-refractivity contribution < 1.29 is 9.36 Å². The zero-order valence-electron chi connectivity index (χ0n) is 14.3. The molecule has 24 heavy (non-hydrogen) atoms. The van der Waals surface area contributed by atoms with Crippen LogP contribution in [0, 0.1) is 20.8 Å². The second-order valence-electron chi connectivity index (χ2n) is 6.14. The minimum atomic E-state index is -0.0398. The Labute approximate surface area is 142 Å². The molecule has 1 heterocycles. The number of anilines is 1. The molecule has 4 nitrogen and oxygen atoms in total. The van der Waals surface area contributed by atoms with Gasteiger partial charge in [0.15, 0.2) is 17.6 Å². The number of fused-ring (bicyclic) bond motifs is 1. The van der Waals surface area contributed by atoms with Gasteiger partial charge in [-0.2, -0.15) is 0 Å². The van der Waals surface area contributed by atoms with Gasteiger partial charge in [0.1, 0.15) is 0 Å². The molecule has 0 unspecified atom stereocenters. The molecule has 3 rings (SSSR count). The van der Waals surface area contributed by atoms with E-state index in [1.165, 1.54) is 5.56 Å². The Morgan fingerprint density at radius 3 is 2.54 bits per heavy atom. The van der Waals surface area contributed by atoms with Gasteiger partial charge in [0.2, 0.25) is 6.33 Å². The van der Waals surface area contributed by atoms with Crippen molar-refractivity contribution in [2.45, 2.75) is 27.3 Å². The maximum Gasteiger partial charge on any atom is 0.266 e. The van der Waals surface area contributed by atoms with Crippen LogP contribution in [0.1, 0.15) is 16.7 Å². The van der Waals surface area contributed by atoms with Gasteiger partial charge in [0.25, 0.3) is 5.91 Å². The molecule has 0 bridgehead atoms. The molecule has 0 spiro atoms. The molecule has 2 aromatic carbocycles. The second kappa shape index (κ2) is 6.32. The maximum absolute atomic E-state index is 12.5. The summed E-state index contributed by atoms with van der Waals surface area (Å²) in [6, 6.07) is 12.1. The standard InChI is InChI=1S/C20H21N3O/c1-5-22-13-23(18-9-7-6-8-17(18)22)12-19(24)21-20-15(3)10-14(2)11-16(20)4/h5-11,13H,1,12H2,2-4H3/p+1. The summed E-state index contributed by atoms with van der Waals surface area (Å²) in [5, 5.41) is 3.05. The first kappa shape index (κ1) is 16.0. The number of nitrogens with zero attached hydrogens (tertiary/aromatic N) is 2. The predicted molar refractivity (Wildman–Crippen MR) is 97.8 cm³/mol. The van der Waals surface area contributed by atoms with Gasteiger partial charge in [-0.1, -0.05) is 36.4 Å². The number of para-hydroxylation sites is 2. The van der Waals surface area contributed by atoms with E-state index in [-0.39, 0.29) is 12.5 Å². The molecule has 0 aliphatic carbocycles. The lowest BCUT2D eigenvalue weighted by molar-refractivity contribution is -0.658. The summed E-state index contributed by atoms with van der Waals surface area (Å²) in [6.45, 7) is 10.2. The van der Waals surface area contributed by atoms with Gasteiger partial charge in [0.05, 0.1) is 6.20 Å². The number of benzene rings is 2. The van der Waals surface area contributed by atoms with Gasteiger partial charge in [0, 0.05) is 5.69 Å². The maximum atomic E-state index is 12.5. The first-order valence-electron chi connectivity index (χ1n) is 7.99. The number of rotatable bonds is 4. The van der Waals surface area contributed by atoms with Crippen molar-refractivity contribution in [2.24, 2.45) is 0 Å². The van der Waals surface area contributed by atoms with E-state index < -0.39 is 0 Å². The number of imidazole rings is 1. The quantitative estimate of drug-likeness (QED) is 0.733. The van der Waals surface area contributed by atoms with E-state index in [4.69, 9.17) is 0 Å². The van der Waals surface area contributed by atoms with Crippen molar-refractivity contribution in [1.29, 1.82) is 0 Å². The van der Waals surface area contributed by atoms with Crippen LogP contribution >= 0.6 is 0 Å². The highest BCUT2D eigenvalue weighted by molar-refractivity contribution is 5.91. The summed E-state index contributed by atoms with van der Waals surface area (Å²) >= 11 is 0. The van der Waals surface area contributed by atoms with E-state index in [0.29, 0.717) is 0 Å². The average molecular weight is 320 g/mol. The van der Waals surface area contributed by atoms with E-state index in [0.717, 1.165) is 27.8 Å². The number of aromatic nitrogens is 2. The highest BCUT2D eigenvalue weighted by Crippen LogP contribution is 2.21. The molecule has 1 N–H and O–H groups in total. The molecule has 0 fully saturated rings. The monoisotopic (exact) mass is 320 g/mol. The van der Waals surface area contributed by atoms with Gasteiger partial charge in [-0.25, -0.2) is 9.13 Å². The molecule has 1 amide bonds. The smallest absolute Gasteiger partial charge is 0.266 e. The molecule has 122 valence electrons.